The monoisotopic (exact) mass is 351 g/mol. The van der Waals surface area contributed by atoms with Crippen LogP contribution in [0.2, 0.25) is 0 Å². The minimum atomic E-state index is -3.82. The van der Waals surface area contributed by atoms with Crippen LogP contribution in [0.15, 0.2) is 27.6 Å². The standard InChI is InChI=1S/C16H21N3O4S/c1-9-6-10(2)15(11(3)7-9)24(21,22)19-13(5)16(20)17-14-8-12(4)23-18-14/h6-8,13,19H,1-5H3,(H,17,18,20)/t13-/m1/s1. The number of rotatable bonds is 5. The molecule has 2 aromatic rings. The van der Waals surface area contributed by atoms with Gasteiger partial charge in [-0.1, -0.05) is 22.9 Å². The Bertz CT molecular complexity index is 848. The zero-order chi connectivity index (χ0) is 18.1. The number of carbonyl (C=O) groups is 1. The maximum absolute atomic E-state index is 12.6. The first-order valence-electron chi connectivity index (χ1n) is 7.44. The molecule has 0 saturated heterocycles. The molecule has 0 fully saturated rings. The molecule has 130 valence electrons. The summed E-state index contributed by atoms with van der Waals surface area (Å²) in [7, 11) is -3.82. The molecule has 0 aliphatic heterocycles. The molecule has 1 heterocycles. The summed E-state index contributed by atoms with van der Waals surface area (Å²) in [6, 6.07) is 4.18. The third-order valence-corrected chi connectivity index (χ3v) is 5.32. The van der Waals surface area contributed by atoms with Crippen molar-refractivity contribution in [1.82, 2.24) is 9.88 Å². The predicted molar refractivity (Wildman–Crippen MR) is 90.3 cm³/mol. The highest BCUT2D eigenvalue weighted by Gasteiger charge is 2.25. The number of carbonyl (C=O) groups excluding carboxylic acids is 1. The first-order chi connectivity index (χ1) is 11.1. The van der Waals surface area contributed by atoms with Crippen molar-refractivity contribution < 1.29 is 17.7 Å². The highest BCUT2D eigenvalue weighted by Crippen LogP contribution is 2.22. The van der Waals surface area contributed by atoms with E-state index in [-0.39, 0.29) is 10.7 Å². The normalized spacial score (nSPS) is 12.9. The van der Waals surface area contributed by atoms with Crippen LogP contribution in [0.4, 0.5) is 5.82 Å². The summed E-state index contributed by atoms with van der Waals surface area (Å²) in [4.78, 5) is 12.3. The summed E-state index contributed by atoms with van der Waals surface area (Å²) in [6.45, 7) is 8.53. The maximum atomic E-state index is 12.6. The van der Waals surface area contributed by atoms with Crippen molar-refractivity contribution in [2.24, 2.45) is 0 Å². The molecule has 0 bridgehead atoms. The van der Waals surface area contributed by atoms with Gasteiger partial charge >= 0.3 is 0 Å². The van der Waals surface area contributed by atoms with Gasteiger partial charge in [0.05, 0.1) is 10.9 Å². The van der Waals surface area contributed by atoms with Gasteiger partial charge in [-0.3, -0.25) is 4.79 Å². The largest absolute Gasteiger partial charge is 0.360 e. The smallest absolute Gasteiger partial charge is 0.243 e. The molecule has 0 unspecified atom stereocenters. The van der Waals surface area contributed by atoms with Gasteiger partial charge < -0.3 is 9.84 Å². The number of aromatic nitrogens is 1. The van der Waals surface area contributed by atoms with Crippen LogP contribution in [0.5, 0.6) is 0 Å². The Balaban J connectivity index is 2.18. The van der Waals surface area contributed by atoms with E-state index in [2.05, 4.69) is 15.2 Å². The fraction of sp³-hybridized carbons (Fsp3) is 0.375. The van der Waals surface area contributed by atoms with Gasteiger partial charge in [0, 0.05) is 6.07 Å². The van der Waals surface area contributed by atoms with Crippen LogP contribution in [0.1, 0.15) is 29.4 Å². The Labute approximate surface area is 141 Å². The zero-order valence-corrected chi connectivity index (χ0v) is 15.1. The minimum absolute atomic E-state index is 0.199. The van der Waals surface area contributed by atoms with E-state index >= 15 is 0 Å². The van der Waals surface area contributed by atoms with E-state index in [9.17, 15) is 13.2 Å². The second kappa shape index (κ2) is 6.74. The van der Waals surface area contributed by atoms with Gasteiger partial charge in [0.25, 0.3) is 0 Å². The number of benzene rings is 1. The van der Waals surface area contributed by atoms with Crippen molar-refractivity contribution in [1.29, 1.82) is 0 Å². The quantitative estimate of drug-likeness (QED) is 0.860. The Morgan fingerprint density at radius 2 is 1.71 bits per heavy atom. The van der Waals surface area contributed by atoms with E-state index in [1.54, 1.807) is 39.0 Å². The molecular formula is C16H21N3O4S. The van der Waals surface area contributed by atoms with Crippen molar-refractivity contribution in [3.8, 4) is 0 Å². The second-order valence-corrected chi connectivity index (χ2v) is 7.53. The highest BCUT2D eigenvalue weighted by atomic mass is 32.2. The number of nitrogens with one attached hydrogen (secondary N) is 2. The molecule has 1 aromatic heterocycles. The van der Waals surface area contributed by atoms with E-state index in [1.165, 1.54) is 6.92 Å². The van der Waals surface area contributed by atoms with E-state index in [1.807, 2.05) is 6.92 Å². The van der Waals surface area contributed by atoms with E-state index in [0.29, 0.717) is 16.9 Å². The lowest BCUT2D eigenvalue weighted by Gasteiger charge is -2.16. The van der Waals surface area contributed by atoms with Gasteiger partial charge in [0.15, 0.2) is 5.82 Å². The Morgan fingerprint density at radius 3 is 2.21 bits per heavy atom. The average Bonchev–Trinajstić information content (AvgIpc) is 2.81. The SMILES string of the molecule is Cc1cc(C)c(S(=O)(=O)N[C@H](C)C(=O)Nc2cc(C)on2)c(C)c1. The molecule has 1 aromatic carbocycles. The molecular weight excluding hydrogens is 330 g/mol. The lowest BCUT2D eigenvalue weighted by Crippen LogP contribution is -2.42. The molecule has 7 nitrogen and oxygen atoms in total. The number of nitrogens with zero attached hydrogens (tertiary/aromatic N) is 1. The first-order valence-corrected chi connectivity index (χ1v) is 8.93. The molecule has 1 atom stereocenters. The number of hydrogen-bond donors (Lipinski definition) is 2. The zero-order valence-electron chi connectivity index (χ0n) is 14.3. The van der Waals surface area contributed by atoms with Gasteiger partial charge in [0.1, 0.15) is 5.76 Å². The molecule has 0 spiro atoms. The average molecular weight is 351 g/mol. The molecule has 0 aliphatic carbocycles. The number of amides is 1. The van der Waals surface area contributed by atoms with Crippen LogP contribution in [0, 0.1) is 27.7 Å². The Hall–Kier alpha value is -2.19. The first kappa shape index (κ1) is 18.2. The van der Waals surface area contributed by atoms with Gasteiger partial charge in [-0.15, -0.1) is 0 Å². The number of anilines is 1. The lowest BCUT2D eigenvalue weighted by molar-refractivity contribution is -0.117. The Kier molecular flexibility index (Phi) is 5.10. The maximum Gasteiger partial charge on any atom is 0.243 e. The lowest BCUT2D eigenvalue weighted by atomic mass is 10.1. The number of sulfonamides is 1. The molecule has 0 radical (unpaired) electrons. The summed E-state index contributed by atoms with van der Waals surface area (Å²) in [5.41, 5.74) is 2.26. The third kappa shape index (κ3) is 4.01. The van der Waals surface area contributed by atoms with Crippen molar-refractivity contribution in [2.45, 2.75) is 45.6 Å². The van der Waals surface area contributed by atoms with Crippen molar-refractivity contribution in [3.63, 3.8) is 0 Å². The van der Waals surface area contributed by atoms with Crippen LogP contribution in [0.25, 0.3) is 0 Å². The van der Waals surface area contributed by atoms with Crippen LogP contribution in [-0.2, 0) is 14.8 Å². The van der Waals surface area contributed by atoms with Crippen LogP contribution in [0.3, 0.4) is 0 Å². The van der Waals surface area contributed by atoms with Crippen molar-refractivity contribution in [3.05, 3.63) is 40.6 Å². The number of hydrogen-bond acceptors (Lipinski definition) is 5. The van der Waals surface area contributed by atoms with Crippen molar-refractivity contribution >= 4 is 21.7 Å². The molecule has 0 aliphatic rings. The summed E-state index contributed by atoms with van der Waals surface area (Å²) < 4.78 is 32.5. The Morgan fingerprint density at radius 1 is 1.12 bits per heavy atom. The molecule has 2 N–H and O–H groups in total. The molecule has 8 heteroatoms. The highest BCUT2D eigenvalue weighted by molar-refractivity contribution is 7.89. The van der Waals surface area contributed by atoms with E-state index in [4.69, 9.17) is 4.52 Å². The van der Waals surface area contributed by atoms with E-state index < -0.39 is 22.0 Å². The molecule has 24 heavy (non-hydrogen) atoms. The molecule has 1 amide bonds. The topological polar surface area (TPSA) is 101 Å². The summed E-state index contributed by atoms with van der Waals surface area (Å²) in [5.74, 6) is 0.268. The minimum Gasteiger partial charge on any atom is -0.360 e. The van der Waals surface area contributed by atoms with Gasteiger partial charge in [-0.25, -0.2) is 8.42 Å². The van der Waals surface area contributed by atoms with Crippen molar-refractivity contribution in [2.75, 3.05) is 5.32 Å². The van der Waals surface area contributed by atoms with Gasteiger partial charge in [0.2, 0.25) is 15.9 Å². The van der Waals surface area contributed by atoms with Gasteiger partial charge in [-0.2, -0.15) is 4.72 Å². The third-order valence-electron chi connectivity index (χ3n) is 3.48. The summed E-state index contributed by atoms with van der Waals surface area (Å²) in [5, 5.41) is 6.15. The fourth-order valence-corrected chi connectivity index (χ4v) is 4.25. The summed E-state index contributed by atoms with van der Waals surface area (Å²) in [6.07, 6.45) is 0. The molecule has 2 rings (SSSR count). The van der Waals surface area contributed by atoms with Crippen LogP contribution >= 0.6 is 0 Å². The summed E-state index contributed by atoms with van der Waals surface area (Å²) >= 11 is 0. The molecule has 0 saturated carbocycles. The fourth-order valence-electron chi connectivity index (χ4n) is 2.60. The number of aryl methyl sites for hydroxylation is 4. The van der Waals surface area contributed by atoms with Gasteiger partial charge in [-0.05, 0) is 45.7 Å². The van der Waals surface area contributed by atoms with E-state index in [0.717, 1.165) is 5.56 Å². The predicted octanol–water partition coefficient (Wildman–Crippen LogP) is 2.21. The second-order valence-electron chi connectivity index (χ2n) is 5.88. The van der Waals surface area contributed by atoms with Crippen LogP contribution in [-0.4, -0.2) is 25.5 Å². The van der Waals surface area contributed by atoms with Crippen LogP contribution < -0.4 is 10.0 Å².